The first-order valence-electron chi connectivity index (χ1n) is 4.71. The van der Waals surface area contributed by atoms with Gasteiger partial charge in [0.15, 0.2) is 0 Å². The lowest BCUT2D eigenvalue weighted by Crippen LogP contribution is -2.13. The lowest BCUT2D eigenvalue weighted by Gasteiger charge is -2.11. The summed E-state index contributed by atoms with van der Waals surface area (Å²) in [4.78, 5) is 0. The zero-order chi connectivity index (χ0) is 9.40. The van der Waals surface area contributed by atoms with E-state index in [-0.39, 0.29) is 0 Å². The third-order valence-electron chi connectivity index (χ3n) is 2.05. The normalized spacial score (nSPS) is 12.6. The molecule has 0 aromatic rings. The van der Waals surface area contributed by atoms with Gasteiger partial charge < -0.3 is 5.32 Å². The summed E-state index contributed by atoms with van der Waals surface area (Å²) in [5.74, 6) is 1.81. The van der Waals surface area contributed by atoms with Crippen molar-refractivity contribution in [2.75, 3.05) is 12.3 Å². The molecular formula is C10H21NS. The molecule has 0 saturated carbocycles. The second kappa shape index (κ2) is 7.53. The summed E-state index contributed by atoms with van der Waals surface area (Å²) in [6, 6.07) is 0. The van der Waals surface area contributed by atoms with Crippen molar-refractivity contribution < 1.29 is 0 Å². The molecule has 0 amide bonds. The summed E-state index contributed by atoms with van der Waals surface area (Å²) in [7, 11) is 0. The summed E-state index contributed by atoms with van der Waals surface area (Å²) in [5.41, 5.74) is 1.06. The first-order valence-corrected chi connectivity index (χ1v) is 5.34. The van der Waals surface area contributed by atoms with Gasteiger partial charge in [-0.2, -0.15) is 12.6 Å². The van der Waals surface area contributed by atoms with Crippen LogP contribution in [-0.2, 0) is 0 Å². The van der Waals surface area contributed by atoms with Crippen LogP contribution in [0.4, 0.5) is 0 Å². The summed E-state index contributed by atoms with van der Waals surface area (Å²) >= 11 is 4.30. The Kier molecular flexibility index (Phi) is 7.47. The molecular weight excluding hydrogens is 166 g/mol. The molecule has 0 aliphatic heterocycles. The van der Waals surface area contributed by atoms with Crippen molar-refractivity contribution in [1.29, 1.82) is 0 Å². The molecule has 2 heteroatoms. The topological polar surface area (TPSA) is 12.0 Å². The molecule has 0 bridgehead atoms. The van der Waals surface area contributed by atoms with Crippen LogP contribution in [0.2, 0.25) is 0 Å². The molecule has 72 valence electrons. The SMILES string of the molecule is C=C(C)NCCCC(CC)CS. The molecule has 12 heavy (non-hydrogen) atoms. The third-order valence-corrected chi connectivity index (χ3v) is 2.57. The van der Waals surface area contributed by atoms with Gasteiger partial charge in [0.2, 0.25) is 0 Å². The number of thiol groups is 1. The number of allylic oxidation sites excluding steroid dienone is 1. The largest absolute Gasteiger partial charge is 0.389 e. The van der Waals surface area contributed by atoms with E-state index in [0.29, 0.717) is 0 Å². The van der Waals surface area contributed by atoms with E-state index in [4.69, 9.17) is 0 Å². The van der Waals surface area contributed by atoms with E-state index >= 15 is 0 Å². The fraction of sp³-hybridized carbons (Fsp3) is 0.800. The smallest absolute Gasteiger partial charge is 0.0143 e. The average molecular weight is 187 g/mol. The Balaban J connectivity index is 3.23. The Morgan fingerprint density at radius 1 is 1.58 bits per heavy atom. The first kappa shape index (κ1) is 11.9. The molecule has 0 heterocycles. The molecule has 1 unspecified atom stereocenters. The van der Waals surface area contributed by atoms with Gasteiger partial charge in [-0.15, -0.1) is 0 Å². The molecule has 0 fully saturated rings. The van der Waals surface area contributed by atoms with Gasteiger partial charge in [0.1, 0.15) is 0 Å². The van der Waals surface area contributed by atoms with Crippen molar-refractivity contribution in [3.63, 3.8) is 0 Å². The molecule has 0 aromatic carbocycles. The standard InChI is InChI=1S/C10H21NS/c1-4-10(8-12)6-5-7-11-9(2)3/h10-12H,2,4-8H2,1,3H3. The van der Waals surface area contributed by atoms with Gasteiger partial charge in [0, 0.05) is 12.2 Å². The molecule has 1 atom stereocenters. The molecule has 1 N–H and O–H groups in total. The molecule has 0 aromatic heterocycles. The van der Waals surface area contributed by atoms with E-state index in [2.05, 4.69) is 31.4 Å². The zero-order valence-electron chi connectivity index (χ0n) is 8.27. The van der Waals surface area contributed by atoms with Crippen LogP contribution in [-0.4, -0.2) is 12.3 Å². The number of rotatable bonds is 7. The second-order valence-corrected chi connectivity index (χ2v) is 3.67. The predicted molar refractivity (Wildman–Crippen MR) is 59.7 cm³/mol. The van der Waals surface area contributed by atoms with Gasteiger partial charge in [-0.3, -0.25) is 0 Å². The van der Waals surface area contributed by atoms with Crippen LogP contribution < -0.4 is 5.32 Å². The van der Waals surface area contributed by atoms with Crippen LogP contribution in [0, 0.1) is 5.92 Å². The van der Waals surface area contributed by atoms with Crippen molar-refractivity contribution in [3.8, 4) is 0 Å². The highest BCUT2D eigenvalue weighted by atomic mass is 32.1. The highest BCUT2D eigenvalue weighted by molar-refractivity contribution is 7.80. The molecule has 0 aliphatic rings. The zero-order valence-corrected chi connectivity index (χ0v) is 9.16. The Labute approximate surface area is 82.0 Å². The van der Waals surface area contributed by atoms with Gasteiger partial charge in [0.05, 0.1) is 0 Å². The van der Waals surface area contributed by atoms with Crippen LogP contribution in [0.1, 0.15) is 33.1 Å². The van der Waals surface area contributed by atoms with Crippen LogP contribution in [0.15, 0.2) is 12.3 Å². The fourth-order valence-electron chi connectivity index (χ4n) is 1.12. The van der Waals surface area contributed by atoms with Crippen molar-refractivity contribution >= 4 is 12.6 Å². The molecule has 0 rings (SSSR count). The van der Waals surface area contributed by atoms with Crippen molar-refractivity contribution in [2.24, 2.45) is 5.92 Å². The molecule has 0 aliphatic carbocycles. The summed E-state index contributed by atoms with van der Waals surface area (Å²) in [5, 5.41) is 3.23. The van der Waals surface area contributed by atoms with Crippen LogP contribution >= 0.6 is 12.6 Å². The highest BCUT2D eigenvalue weighted by Gasteiger charge is 2.02. The summed E-state index contributed by atoms with van der Waals surface area (Å²) < 4.78 is 0. The molecule has 0 spiro atoms. The van der Waals surface area contributed by atoms with E-state index in [0.717, 1.165) is 23.9 Å². The van der Waals surface area contributed by atoms with Crippen LogP contribution in [0.3, 0.4) is 0 Å². The van der Waals surface area contributed by atoms with Gasteiger partial charge in [-0.1, -0.05) is 19.9 Å². The van der Waals surface area contributed by atoms with E-state index in [1.165, 1.54) is 19.3 Å². The lowest BCUT2D eigenvalue weighted by molar-refractivity contribution is 0.498. The number of hydrogen-bond acceptors (Lipinski definition) is 2. The van der Waals surface area contributed by atoms with Crippen molar-refractivity contribution in [2.45, 2.75) is 33.1 Å². The minimum Gasteiger partial charge on any atom is -0.389 e. The van der Waals surface area contributed by atoms with Crippen molar-refractivity contribution in [1.82, 2.24) is 5.32 Å². The van der Waals surface area contributed by atoms with Crippen molar-refractivity contribution in [3.05, 3.63) is 12.3 Å². The second-order valence-electron chi connectivity index (χ2n) is 3.31. The van der Waals surface area contributed by atoms with Crippen LogP contribution in [0.25, 0.3) is 0 Å². The average Bonchev–Trinajstić information content (AvgIpc) is 2.04. The van der Waals surface area contributed by atoms with E-state index in [1.54, 1.807) is 0 Å². The molecule has 0 saturated heterocycles. The first-order chi connectivity index (χ1) is 5.70. The van der Waals surface area contributed by atoms with Gasteiger partial charge in [-0.05, 0) is 31.4 Å². The predicted octanol–water partition coefficient (Wildman–Crippen LogP) is 2.85. The Hall–Kier alpha value is -0.110. The molecule has 1 nitrogen and oxygen atoms in total. The molecule has 0 radical (unpaired) electrons. The van der Waals surface area contributed by atoms with E-state index in [9.17, 15) is 0 Å². The minimum atomic E-state index is 0.792. The maximum Gasteiger partial charge on any atom is 0.0143 e. The highest BCUT2D eigenvalue weighted by Crippen LogP contribution is 2.11. The lowest BCUT2D eigenvalue weighted by atomic mass is 10.0. The Bertz CT molecular complexity index is 119. The van der Waals surface area contributed by atoms with Crippen LogP contribution in [0.5, 0.6) is 0 Å². The Morgan fingerprint density at radius 3 is 2.67 bits per heavy atom. The minimum absolute atomic E-state index is 0.792. The monoisotopic (exact) mass is 187 g/mol. The fourth-order valence-corrected chi connectivity index (χ4v) is 1.56. The maximum atomic E-state index is 4.30. The van der Waals surface area contributed by atoms with Gasteiger partial charge in [0.25, 0.3) is 0 Å². The van der Waals surface area contributed by atoms with E-state index < -0.39 is 0 Å². The van der Waals surface area contributed by atoms with Gasteiger partial charge >= 0.3 is 0 Å². The maximum absolute atomic E-state index is 4.30. The summed E-state index contributed by atoms with van der Waals surface area (Å²) in [6.45, 7) is 9.07. The third kappa shape index (κ3) is 6.59. The number of nitrogens with one attached hydrogen (secondary N) is 1. The quantitative estimate of drug-likeness (QED) is 0.461. The Morgan fingerprint density at radius 2 is 2.25 bits per heavy atom. The van der Waals surface area contributed by atoms with E-state index in [1.807, 2.05) is 6.92 Å². The number of hydrogen-bond donors (Lipinski definition) is 2. The summed E-state index contributed by atoms with van der Waals surface area (Å²) in [6.07, 6.45) is 3.75. The van der Waals surface area contributed by atoms with Gasteiger partial charge in [-0.25, -0.2) is 0 Å².